The lowest BCUT2D eigenvalue weighted by atomic mass is 10.1. The van der Waals surface area contributed by atoms with E-state index in [4.69, 9.17) is 0 Å². The number of thioether (sulfide) groups is 1. The second kappa shape index (κ2) is 3.76. The molecule has 0 aliphatic heterocycles. The monoisotopic (exact) mass is 230 g/mol. The second-order valence-corrected chi connectivity index (χ2v) is 4.81. The van der Waals surface area contributed by atoms with Crippen molar-refractivity contribution in [2.75, 3.05) is 6.26 Å². The second-order valence-electron chi connectivity index (χ2n) is 3.99. The van der Waals surface area contributed by atoms with Crippen LogP contribution >= 0.6 is 11.8 Å². The number of hydrogen-bond acceptors (Lipinski definition) is 2. The van der Waals surface area contributed by atoms with E-state index in [1.165, 1.54) is 12.1 Å². The lowest BCUT2D eigenvalue weighted by Gasteiger charge is -2.09. The number of aliphatic hydroxyl groups is 1. The third-order valence-electron chi connectivity index (χ3n) is 2.62. The van der Waals surface area contributed by atoms with Gasteiger partial charge in [-0.05, 0) is 36.8 Å². The summed E-state index contributed by atoms with van der Waals surface area (Å²) in [7, 11) is 0. The minimum atomic E-state index is -0.709. The van der Waals surface area contributed by atoms with Crippen LogP contribution in [-0.4, -0.2) is 17.0 Å². The molecule has 0 saturated heterocycles. The van der Waals surface area contributed by atoms with Crippen LogP contribution in [0.25, 0.3) is 0 Å². The Kier molecular flexibility index (Phi) is 2.73. The molecule has 1 aliphatic rings. The predicted molar refractivity (Wildman–Crippen MR) is 56.0 cm³/mol. The summed E-state index contributed by atoms with van der Waals surface area (Å²) in [5.74, 6) is -1.08. The first kappa shape index (κ1) is 10.9. The Labute approximate surface area is 91.5 Å². The van der Waals surface area contributed by atoms with Crippen molar-refractivity contribution in [1.82, 2.24) is 0 Å². The summed E-state index contributed by atoms with van der Waals surface area (Å²) < 4.78 is 26.7. The van der Waals surface area contributed by atoms with Crippen molar-refractivity contribution in [3.63, 3.8) is 0 Å². The molecule has 0 spiro atoms. The van der Waals surface area contributed by atoms with Crippen LogP contribution in [0.4, 0.5) is 8.78 Å². The van der Waals surface area contributed by atoms with E-state index in [2.05, 4.69) is 0 Å². The smallest absolute Gasteiger partial charge is 0.139 e. The Morgan fingerprint density at radius 3 is 2.27 bits per heavy atom. The van der Waals surface area contributed by atoms with Gasteiger partial charge in [0.15, 0.2) is 0 Å². The summed E-state index contributed by atoms with van der Waals surface area (Å²) >= 11 is 1.05. The molecule has 1 aromatic carbocycles. The lowest BCUT2D eigenvalue weighted by Crippen LogP contribution is -2.11. The van der Waals surface area contributed by atoms with Crippen molar-refractivity contribution in [3.8, 4) is 0 Å². The standard InChI is InChI=1S/C11H12F2OS/c1-15-10-8(12)4-7(5-9(10)13)6-11(14)2-3-11/h4-5,14H,2-3,6H2,1H3. The summed E-state index contributed by atoms with van der Waals surface area (Å²) in [6, 6.07) is 2.62. The van der Waals surface area contributed by atoms with E-state index in [1.807, 2.05) is 0 Å². The topological polar surface area (TPSA) is 20.2 Å². The zero-order chi connectivity index (χ0) is 11.1. The van der Waals surface area contributed by atoms with Crippen molar-refractivity contribution in [3.05, 3.63) is 29.3 Å². The molecule has 1 N–H and O–H groups in total. The molecule has 1 aliphatic carbocycles. The van der Waals surface area contributed by atoms with Gasteiger partial charge in [0.1, 0.15) is 11.6 Å². The zero-order valence-corrected chi connectivity index (χ0v) is 9.20. The van der Waals surface area contributed by atoms with Gasteiger partial charge in [-0.3, -0.25) is 0 Å². The Balaban J connectivity index is 2.26. The number of rotatable bonds is 3. The van der Waals surface area contributed by atoms with Crippen molar-refractivity contribution in [1.29, 1.82) is 0 Å². The minimum Gasteiger partial charge on any atom is -0.390 e. The minimum absolute atomic E-state index is 0.0431. The van der Waals surface area contributed by atoms with Crippen molar-refractivity contribution < 1.29 is 13.9 Å². The summed E-state index contributed by atoms with van der Waals surface area (Å²) in [6.07, 6.45) is 3.42. The van der Waals surface area contributed by atoms with E-state index in [9.17, 15) is 13.9 Å². The van der Waals surface area contributed by atoms with Crippen LogP contribution in [0.2, 0.25) is 0 Å². The van der Waals surface area contributed by atoms with Crippen LogP contribution in [0.3, 0.4) is 0 Å². The van der Waals surface area contributed by atoms with Crippen molar-refractivity contribution in [2.24, 2.45) is 0 Å². The molecule has 0 amide bonds. The fourth-order valence-corrected chi connectivity index (χ4v) is 2.12. The molecule has 2 rings (SSSR count). The maximum atomic E-state index is 13.4. The Hall–Kier alpha value is -0.610. The molecular weight excluding hydrogens is 218 g/mol. The highest BCUT2D eigenvalue weighted by Gasteiger charge is 2.40. The quantitative estimate of drug-likeness (QED) is 0.806. The largest absolute Gasteiger partial charge is 0.390 e. The molecule has 0 unspecified atom stereocenters. The van der Waals surface area contributed by atoms with Gasteiger partial charge in [0.25, 0.3) is 0 Å². The Bertz CT molecular complexity index is 365. The summed E-state index contributed by atoms with van der Waals surface area (Å²) in [4.78, 5) is 0.0431. The molecule has 1 fully saturated rings. The van der Waals surface area contributed by atoms with E-state index in [0.717, 1.165) is 24.6 Å². The molecule has 1 saturated carbocycles. The Morgan fingerprint density at radius 1 is 1.33 bits per heavy atom. The Morgan fingerprint density at radius 2 is 1.87 bits per heavy atom. The number of halogens is 2. The van der Waals surface area contributed by atoms with Gasteiger partial charge >= 0.3 is 0 Å². The molecule has 0 aromatic heterocycles. The molecule has 82 valence electrons. The molecule has 4 heteroatoms. The lowest BCUT2D eigenvalue weighted by molar-refractivity contribution is 0.150. The third kappa shape index (κ3) is 2.32. The predicted octanol–water partition coefficient (Wildman–Crippen LogP) is 2.75. The maximum absolute atomic E-state index is 13.4. The van der Waals surface area contributed by atoms with Gasteiger partial charge in [-0.1, -0.05) is 0 Å². The first-order valence-electron chi connectivity index (χ1n) is 4.78. The first-order chi connectivity index (χ1) is 7.04. The highest BCUT2D eigenvalue weighted by molar-refractivity contribution is 7.98. The molecule has 0 radical (unpaired) electrons. The van der Waals surface area contributed by atoms with Gasteiger partial charge in [0.05, 0.1) is 10.5 Å². The summed E-state index contributed by atoms with van der Waals surface area (Å²) in [6.45, 7) is 0. The fourth-order valence-electron chi connectivity index (χ4n) is 1.61. The van der Waals surface area contributed by atoms with E-state index in [1.54, 1.807) is 6.26 Å². The van der Waals surface area contributed by atoms with Gasteiger partial charge in [-0.2, -0.15) is 0 Å². The first-order valence-corrected chi connectivity index (χ1v) is 6.01. The maximum Gasteiger partial charge on any atom is 0.139 e. The van der Waals surface area contributed by atoms with Crippen LogP contribution in [0.1, 0.15) is 18.4 Å². The van der Waals surface area contributed by atoms with E-state index >= 15 is 0 Å². The van der Waals surface area contributed by atoms with Gasteiger partial charge < -0.3 is 5.11 Å². The average Bonchev–Trinajstić information content (AvgIpc) is 2.82. The summed E-state index contributed by atoms with van der Waals surface area (Å²) in [5.41, 5.74) is -0.178. The highest BCUT2D eigenvalue weighted by atomic mass is 32.2. The molecule has 15 heavy (non-hydrogen) atoms. The molecule has 0 heterocycles. The van der Waals surface area contributed by atoms with Crippen molar-refractivity contribution >= 4 is 11.8 Å². The molecule has 1 aromatic rings. The van der Waals surface area contributed by atoms with Crippen molar-refractivity contribution in [2.45, 2.75) is 29.8 Å². The van der Waals surface area contributed by atoms with Gasteiger partial charge in [0, 0.05) is 6.42 Å². The SMILES string of the molecule is CSc1c(F)cc(CC2(O)CC2)cc1F. The van der Waals surface area contributed by atoms with Crippen LogP contribution in [-0.2, 0) is 6.42 Å². The fraction of sp³-hybridized carbons (Fsp3) is 0.455. The normalized spacial score (nSPS) is 17.9. The van der Waals surface area contributed by atoms with E-state index < -0.39 is 17.2 Å². The average molecular weight is 230 g/mol. The van der Waals surface area contributed by atoms with Gasteiger partial charge in [-0.15, -0.1) is 11.8 Å². The van der Waals surface area contributed by atoms with Crippen LogP contribution < -0.4 is 0 Å². The van der Waals surface area contributed by atoms with Crippen LogP contribution in [0.5, 0.6) is 0 Å². The zero-order valence-electron chi connectivity index (χ0n) is 8.39. The van der Waals surface area contributed by atoms with Gasteiger partial charge in [-0.25, -0.2) is 8.78 Å². The summed E-state index contributed by atoms with van der Waals surface area (Å²) in [5, 5.41) is 9.64. The molecular formula is C11H12F2OS. The number of hydrogen-bond donors (Lipinski definition) is 1. The van der Waals surface area contributed by atoms with Crippen LogP contribution in [0.15, 0.2) is 17.0 Å². The third-order valence-corrected chi connectivity index (χ3v) is 3.42. The van der Waals surface area contributed by atoms with Crippen LogP contribution in [0, 0.1) is 11.6 Å². The van der Waals surface area contributed by atoms with E-state index in [0.29, 0.717) is 12.0 Å². The molecule has 1 nitrogen and oxygen atoms in total. The van der Waals surface area contributed by atoms with Gasteiger partial charge in [0.2, 0.25) is 0 Å². The molecule has 0 bridgehead atoms. The molecule has 0 atom stereocenters. The number of benzene rings is 1. The highest BCUT2D eigenvalue weighted by Crippen LogP contribution is 2.39. The van der Waals surface area contributed by atoms with E-state index in [-0.39, 0.29) is 4.90 Å².